The molecule has 2 rings (SSSR count). The normalized spacial score (nSPS) is 14.8. The lowest BCUT2D eigenvalue weighted by Crippen LogP contribution is -2.54. The Morgan fingerprint density at radius 2 is 1.62 bits per heavy atom. The lowest BCUT2D eigenvalue weighted by atomic mass is 9.90. The van der Waals surface area contributed by atoms with Crippen LogP contribution in [0, 0.1) is 0 Å². The third-order valence-electron chi connectivity index (χ3n) is 3.57. The van der Waals surface area contributed by atoms with E-state index in [1.54, 1.807) is 0 Å². The van der Waals surface area contributed by atoms with E-state index < -0.39 is 36.1 Å². The molecule has 0 unspecified atom stereocenters. The number of alkyl halides is 6. The van der Waals surface area contributed by atoms with Crippen LogP contribution in [0.5, 0.6) is 11.5 Å². The van der Waals surface area contributed by atoms with E-state index >= 15 is 0 Å². The van der Waals surface area contributed by atoms with Crippen LogP contribution in [0.25, 0.3) is 0 Å². The van der Waals surface area contributed by atoms with Crippen LogP contribution in [0.2, 0.25) is 0 Å². The monoisotopic (exact) mass is 359 g/mol. The summed E-state index contributed by atoms with van der Waals surface area (Å²) in [5.41, 5.74) is -6.30. The van der Waals surface area contributed by atoms with Crippen molar-refractivity contribution in [3.63, 3.8) is 0 Å². The Hall–Kier alpha value is -1.84. The fourth-order valence-corrected chi connectivity index (χ4v) is 2.29. The Morgan fingerprint density at radius 3 is 2.17 bits per heavy atom. The molecule has 10 heteroatoms. The van der Waals surface area contributed by atoms with Gasteiger partial charge in [-0.25, -0.2) is 0 Å². The molecule has 1 heterocycles. The summed E-state index contributed by atoms with van der Waals surface area (Å²) >= 11 is 0. The quantitative estimate of drug-likeness (QED) is 0.618. The van der Waals surface area contributed by atoms with Gasteiger partial charge >= 0.3 is 12.4 Å². The van der Waals surface area contributed by atoms with Crippen molar-refractivity contribution in [3.05, 3.63) is 17.7 Å². The maximum atomic E-state index is 13.0. The second-order valence-electron chi connectivity index (χ2n) is 5.21. The van der Waals surface area contributed by atoms with Crippen LogP contribution in [0.15, 0.2) is 12.1 Å². The molecule has 0 bridgehead atoms. The number of benzene rings is 1. The van der Waals surface area contributed by atoms with Crippen molar-refractivity contribution in [2.24, 2.45) is 0 Å². The van der Waals surface area contributed by atoms with Crippen LogP contribution in [-0.4, -0.2) is 30.8 Å². The molecule has 0 saturated carbocycles. The zero-order valence-corrected chi connectivity index (χ0v) is 12.5. The average Bonchev–Trinajstić information content (AvgIpc) is 2.94. The van der Waals surface area contributed by atoms with E-state index in [0.29, 0.717) is 12.6 Å². The summed E-state index contributed by atoms with van der Waals surface area (Å²) in [6, 6.07) is 1.55. The first-order chi connectivity index (χ1) is 11.0. The third kappa shape index (κ3) is 2.94. The second kappa shape index (κ2) is 6.23. The van der Waals surface area contributed by atoms with Crippen molar-refractivity contribution in [3.8, 4) is 11.5 Å². The number of unbranched alkanes of at least 4 members (excludes halogenated alkanes) is 1. The smallest absolute Gasteiger partial charge is 0.430 e. The number of rotatable bonds is 5. The molecule has 2 N–H and O–H groups in total. The van der Waals surface area contributed by atoms with E-state index in [9.17, 15) is 31.4 Å². The summed E-state index contributed by atoms with van der Waals surface area (Å²) in [4.78, 5) is 0. The van der Waals surface area contributed by atoms with Gasteiger partial charge in [-0.05, 0) is 18.6 Å². The molecule has 0 saturated heterocycles. The Kier molecular flexibility index (Phi) is 4.80. The fourth-order valence-electron chi connectivity index (χ4n) is 2.29. The first-order valence-electron chi connectivity index (χ1n) is 7.06. The summed E-state index contributed by atoms with van der Waals surface area (Å²) in [7, 11) is 0. The summed E-state index contributed by atoms with van der Waals surface area (Å²) in [5.74, 6) is -1.05. The van der Waals surface area contributed by atoms with E-state index in [2.05, 4.69) is 5.32 Å². The van der Waals surface area contributed by atoms with Crippen LogP contribution in [0.1, 0.15) is 25.3 Å². The summed E-state index contributed by atoms with van der Waals surface area (Å²) < 4.78 is 87.9. The van der Waals surface area contributed by atoms with E-state index in [1.807, 2.05) is 6.92 Å². The van der Waals surface area contributed by atoms with Gasteiger partial charge in [-0.15, -0.1) is 0 Å². The van der Waals surface area contributed by atoms with Gasteiger partial charge in [0.1, 0.15) is 0 Å². The molecular weight excluding hydrogens is 344 g/mol. The maximum absolute atomic E-state index is 13.0. The largest absolute Gasteiger partial charge is 0.453 e. The predicted molar refractivity (Wildman–Crippen MR) is 72.0 cm³/mol. The van der Waals surface area contributed by atoms with Crippen molar-refractivity contribution in [1.82, 2.24) is 0 Å². The molecule has 1 aromatic rings. The minimum atomic E-state index is -5.98. The molecule has 4 nitrogen and oxygen atoms in total. The van der Waals surface area contributed by atoms with Crippen molar-refractivity contribution >= 4 is 5.69 Å². The number of hydrogen-bond acceptors (Lipinski definition) is 4. The number of ether oxygens (including phenoxy) is 2. The summed E-state index contributed by atoms with van der Waals surface area (Å²) in [6.45, 7) is 1.83. The highest BCUT2D eigenvalue weighted by atomic mass is 19.4. The van der Waals surface area contributed by atoms with Crippen LogP contribution in [0.4, 0.5) is 32.0 Å². The molecule has 0 aliphatic carbocycles. The number of hydrogen-bond donors (Lipinski definition) is 2. The predicted octanol–water partition coefficient (Wildman–Crippen LogP) is 3.94. The van der Waals surface area contributed by atoms with Gasteiger partial charge in [0.2, 0.25) is 6.79 Å². The number of halogens is 6. The SMILES string of the molecule is CCCCNc1ccc(C(O)(C(F)(F)F)C(F)(F)F)c2c1OCO2. The molecule has 1 aliphatic rings. The summed E-state index contributed by atoms with van der Waals surface area (Å²) in [6.07, 6.45) is -10.4. The maximum Gasteiger partial charge on any atom is 0.430 e. The van der Waals surface area contributed by atoms with Gasteiger partial charge in [0, 0.05) is 12.1 Å². The Balaban J connectivity index is 2.53. The molecular formula is C14H15F6NO3. The first-order valence-corrected chi connectivity index (χ1v) is 7.06. The zero-order chi connectivity index (χ0) is 18.2. The number of nitrogens with one attached hydrogen (secondary N) is 1. The Bertz CT molecular complexity index is 585. The highest BCUT2D eigenvalue weighted by Crippen LogP contribution is 2.56. The van der Waals surface area contributed by atoms with Crippen molar-refractivity contribution < 1.29 is 40.9 Å². The third-order valence-corrected chi connectivity index (χ3v) is 3.57. The summed E-state index contributed by atoms with van der Waals surface area (Å²) in [5, 5.41) is 12.4. The molecule has 0 spiro atoms. The number of anilines is 1. The average molecular weight is 359 g/mol. The highest BCUT2D eigenvalue weighted by molar-refractivity contribution is 5.68. The lowest BCUT2D eigenvalue weighted by Gasteiger charge is -2.33. The van der Waals surface area contributed by atoms with Crippen molar-refractivity contribution in [2.45, 2.75) is 37.7 Å². The van der Waals surface area contributed by atoms with Crippen LogP contribution in [-0.2, 0) is 5.60 Å². The molecule has 24 heavy (non-hydrogen) atoms. The molecule has 0 amide bonds. The Morgan fingerprint density at radius 1 is 1.04 bits per heavy atom. The van der Waals surface area contributed by atoms with Crippen LogP contribution in [0.3, 0.4) is 0 Å². The molecule has 0 radical (unpaired) electrons. The van der Waals surface area contributed by atoms with Gasteiger partial charge in [0.15, 0.2) is 11.5 Å². The standard InChI is InChI=1S/C14H15F6NO3/c1-2-3-6-21-9-5-4-8(10-11(9)24-7-23-10)12(22,13(15,16)17)14(18,19)20/h4-5,21-22H,2-3,6-7H2,1H3. The van der Waals surface area contributed by atoms with Crippen LogP contribution >= 0.6 is 0 Å². The molecule has 0 atom stereocenters. The van der Waals surface area contributed by atoms with Gasteiger partial charge < -0.3 is 19.9 Å². The van der Waals surface area contributed by atoms with E-state index in [-0.39, 0.29) is 11.4 Å². The topological polar surface area (TPSA) is 50.7 Å². The van der Waals surface area contributed by atoms with Gasteiger partial charge in [-0.1, -0.05) is 13.3 Å². The van der Waals surface area contributed by atoms with Gasteiger partial charge in [-0.3, -0.25) is 0 Å². The van der Waals surface area contributed by atoms with Crippen molar-refractivity contribution in [1.29, 1.82) is 0 Å². The molecule has 0 fully saturated rings. The molecule has 1 aromatic carbocycles. The fraction of sp³-hybridized carbons (Fsp3) is 0.571. The van der Waals surface area contributed by atoms with Gasteiger partial charge in [-0.2, -0.15) is 26.3 Å². The second-order valence-corrected chi connectivity index (χ2v) is 5.21. The Labute approximate surface area is 133 Å². The molecule has 136 valence electrons. The number of aliphatic hydroxyl groups is 1. The van der Waals surface area contributed by atoms with Crippen LogP contribution < -0.4 is 14.8 Å². The number of fused-ring (bicyclic) bond motifs is 1. The minimum absolute atomic E-state index is 0.200. The molecule has 1 aliphatic heterocycles. The minimum Gasteiger partial charge on any atom is -0.453 e. The van der Waals surface area contributed by atoms with E-state index in [0.717, 1.165) is 18.9 Å². The van der Waals surface area contributed by atoms with E-state index in [4.69, 9.17) is 9.47 Å². The van der Waals surface area contributed by atoms with E-state index in [1.165, 1.54) is 0 Å². The lowest BCUT2D eigenvalue weighted by molar-refractivity contribution is -0.376. The van der Waals surface area contributed by atoms with Gasteiger partial charge in [0.05, 0.1) is 5.69 Å². The molecule has 0 aromatic heterocycles. The van der Waals surface area contributed by atoms with Gasteiger partial charge in [0.25, 0.3) is 5.60 Å². The zero-order valence-electron chi connectivity index (χ0n) is 12.5. The highest BCUT2D eigenvalue weighted by Gasteiger charge is 2.72. The first kappa shape index (κ1) is 18.5. The van der Waals surface area contributed by atoms with Crippen molar-refractivity contribution in [2.75, 3.05) is 18.7 Å².